The maximum Gasteiger partial charge on any atom is 0.220 e. The molecule has 1 amide bonds. The third kappa shape index (κ3) is 4.31. The Morgan fingerprint density at radius 3 is 2.69 bits per heavy atom. The molecule has 0 aliphatic heterocycles. The zero-order valence-electron chi connectivity index (χ0n) is 16.0. The first-order chi connectivity index (χ1) is 12.3. The van der Waals surface area contributed by atoms with E-state index in [-0.39, 0.29) is 11.4 Å². The number of hydrogen-bond acceptors (Lipinski definition) is 2. The molecule has 0 fully saturated rings. The lowest BCUT2D eigenvalue weighted by atomic mass is 10.0. The number of amides is 1. The van der Waals surface area contributed by atoms with Crippen LogP contribution >= 0.6 is 0 Å². The van der Waals surface area contributed by atoms with Crippen LogP contribution in [0.15, 0.2) is 42.6 Å². The largest absolute Gasteiger partial charge is 0.353 e. The van der Waals surface area contributed by atoms with Crippen molar-refractivity contribution in [3.8, 4) is 11.4 Å². The van der Waals surface area contributed by atoms with Crippen molar-refractivity contribution in [2.75, 3.05) is 0 Å². The van der Waals surface area contributed by atoms with Gasteiger partial charge in [0.2, 0.25) is 5.91 Å². The fourth-order valence-electron chi connectivity index (χ4n) is 3.26. The lowest BCUT2D eigenvalue weighted by molar-refractivity contribution is -0.122. The van der Waals surface area contributed by atoms with E-state index in [1.54, 1.807) is 0 Å². The van der Waals surface area contributed by atoms with Crippen LogP contribution in [0.25, 0.3) is 22.3 Å². The van der Waals surface area contributed by atoms with Gasteiger partial charge in [0.05, 0.1) is 11.4 Å². The van der Waals surface area contributed by atoms with Gasteiger partial charge >= 0.3 is 0 Å². The number of nitrogens with one attached hydrogen (secondary N) is 2. The van der Waals surface area contributed by atoms with Gasteiger partial charge in [-0.15, -0.1) is 0 Å². The zero-order valence-corrected chi connectivity index (χ0v) is 16.0. The number of carbonyl (C=O) groups is 1. The van der Waals surface area contributed by atoms with Crippen LogP contribution in [0.3, 0.4) is 0 Å². The maximum atomic E-state index is 12.1. The number of nitrogens with zero attached hydrogens (tertiary/aromatic N) is 1. The SMILES string of the molecule is Cc1ccc2[nH]c(-c3ccccn3)c(CCCC(=O)NC(C)(C)C)c2c1. The van der Waals surface area contributed by atoms with Gasteiger partial charge in [-0.05, 0) is 70.4 Å². The summed E-state index contributed by atoms with van der Waals surface area (Å²) in [7, 11) is 0. The van der Waals surface area contributed by atoms with E-state index in [0.29, 0.717) is 6.42 Å². The molecular formula is C22H27N3O. The number of carbonyl (C=O) groups excluding carboxylic acids is 1. The smallest absolute Gasteiger partial charge is 0.220 e. The third-order valence-corrected chi connectivity index (χ3v) is 4.33. The Balaban J connectivity index is 1.86. The Labute approximate surface area is 155 Å². The average Bonchev–Trinajstić information content (AvgIpc) is 2.92. The number of rotatable bonds is 5. The van der Waals surface area contributed by atoms with Gasteiger partial charge in [0.25, 0.3) is 0 Å². The standard InChI is InChI=1S/C22H27N3O/c1-15-11-12-18-17(14-15)16(8-7-10-20(26)25-22(2,3)4)21(24-18)19-9-5-6-13-23-19/h5-6,9,11-14,24H,7-8,10H2,1-4H3,(H,25,26). The average molecular weight is 349 g/mol. The van der Waals surface area contributed by atoms with E-state index in [9.17, 15) is 4.79 Å². The van der Waals surface area contributed by atoms with Crippen molar-refractivity contribution in [3.63, 3.8) is 0 Å². The number of aromatic nitrogens is 2. The molecule has 136 valence electrons. The van der Waals surface area contributed by atoms with Gasteiger partial charge in [0.1, 0.15) is 0 Å². The Morgan fingerprint density at radius 2 is 2.00 bits per heavy atom. The highest BCUT2D eigenvalue weighted by molar-refractivity contribution is 5.90. The van der Waals surface area contributed by atoms with Crippen molar-refractivity contribution >= 4 is 16.8 Å². The predicted molar refractivity (Wildman–Crippen MR) is 107 cm³/mol. The van der Waals surface area contributed by atoms with Crippen molar-refractivity contribution in [2.45, 2.75) is 52.5 Å². The first kappa shape index (κ1) is 18.2. The minimum atomic E-state index is -0.186. The molecule has 0 saturated carbocycles. The fourth-order valence-corrected chi connectivity index (χ4v) is 3.26. The van der Waals surface area contributed by atoms with E-state index >= 15 is 0 Å². The lowest BCUT2D eigenvalue weighted by Crippen LogP contribution is -2.40. The monoisotopic (exact) mass is 349 g/mol. The Bertz CT molecular complexity index is 904. The predicted octanol–water partition coefficient (Wildman–Crippen LogP) is 4.78. The molecule has 2 N–H and O–H groups in total. The summed E-state index contributed by atoms with van der Waals surface area (Å²) in [4.78, 5) is 20.2. The second-order valence-corrected chi connectivity index (χ2v) is 7.89. The van der Waals surface area contributed by atoms with Crippen LogP contribution in [0.5, 0.6) is 0 Å². The molecule has 4 nitrogen and oxygen atoms in total. The first-order valence-electron chi connectivity index (χ1n) is 9.17. The van der Waals surface area contributed by atoms with E-state index < -0.39 is 0 Å². The molecule has 3 aromatic rings. The highest BCUT2D eigenvalue weighted by atomic mass is 16.1. The molecular weight excluding hydrogens is 322 g/mol. The molecule has 2 heterocycles. The minimum absolute atomic E-state index is 0.105. The van der Waals surface area contributed by atoms with E-state index in [1.807, 2.05) is 45.2 Å². The normalized spacial score (nSPS) is 11.7. The van der Waals surface area contributed by atoms with Crippen molar-refractivity contribution in [2.24, 2.45) is 0 Å². The van der Waals surface area contributed by atoms with Crippen LogP contribution in [-0.2, 0) is 11.2 Å². The number of benzene rings is 1. The summed E-state index contributed by atoms with van der Waals surface area (Å²) in [6, 6.07) is 12.4. The van der Waals surface area contributed by atoms with Crippen LogP contribution < -0.4 is 5.32 Å². The van der Waals surface area contributed by atoms with Crippen LogP contribution in [0.4, 0.5) is 0 Å². The van der Waals surface area contributed by atoms with Gasteiger partial charge in [-0.2, -0.15) is 0 Å². The summed E-state index contributed by atoms with van der Waals surface area (Å²) in [6.45, 7) is 8.12. The molecule has 3 rings (SSSR count). The number of H-pyrrole nitrogens is 1. The molecule has 2 aromatic heterocycles. The van der Waals surface area contributed by atoms with E-state index in [1.165, 1.54) is 16.5 Å². The van der Waals surface area contributed by atoms with Crippen LogP contribution in [0.1, 0.15) is 44.7 Å². The Hall–Kier alpha value is -2.62. The van der Waals surface area contributed by atoms with Gasteiger partial charge < -0.3 is 10.3 Å². The van der Waals surface area contributed by atoms with Crippen LogP contribution in [0, 0.1) is 6.92 Å². The van der Waals surface area contributed by atoms with E-state index in [4.69, 9.17) is 0 Å². The highest BCUT2D eigenvalue weighted by Gasteiger charge is 2.16. The number of hydrogen-bond donors (Lipinski definition) is 2. The Morgan fingerprint density at radius 1 is 1.19 bits per heavy atom. The lowest BCUT2D eigenvalue weighted by Gasteiger charge is -2.20. The molecule has 0 saturated heterocycles. The zero-order chi connectivity index (χ0) is 18.7. The van der Waals surface area contributed by atoms with Crippen molar-refractivity contribution in [1.29, 1.82) is 0 Å². The second-order valence-electron chi connectivity index (χ2n) is 7.89. The molecule has 0 radical (unpaired) electrons. The summed E-state index contributed by atoms with van der Waals surface area (Å²) in [5.41, 5.74) is 5.40. The number of aromatic amines is 1. The summed E-state index contributed by atoms with van der Waals surface area (Å²) >= 11 is 0. The summed E-state index contributed by atoms with van der Waals surface area (Å²) in [5, 5.41) is 4.26. The highest BCUT2D eigenvalue weighted by Crippen LogP contribution is 2.31. The first-order valence-corrected chi connectivity index (χ1v) is 9.17. The number of aryl methyl sites for hydroxylation is 2. The van der Waals surface area contributed by atoms with Crippen molar-refractivity contribution in [1.82, 2.24) is 15.3 Å². The van der Waals surface area contributed by atoms with E-state index in [2.05, 4.69) is 40.4 Å². The summed E-state index contributed by atoms with van der Waals surface area (Å²) in [5.74, 6) is 0.105. The van der Waals surface area contributed by atoms with Gasteiger partial charge in [0.15, 0.2) is 0 Å². The maximum absolute atomic E-state index is 12.1. The topological polar surface area (TPSA) is 57.8 Å². The molecule has 26 heavy (non-hydrogen) atoms. The molecule has 0 aliphatic carbocycles. The summed E-state index contributed by atoms with van der Waals surface area (Å²) < 4.78 is 0. The molecule has 0 aliphatic rings. The third-order valence-electron chi connectivity index (χ3n) is 4.33. The minimum Gasteiger partial charge on any atom is -0.353 e. The second kappa shape index (κ2) is 7.32. The molecule has 0 bridgehead atoms. The van der Waals surface area contributed by atoms with Crippen molar-refractivity contribution in [3.05, 3.63) is 53.7 Å². The Kier molecular flexibility index (Phi) is 5.12. The number of pyridine rings is 1. The van der Waals surface area contributed by atoms with Gasteiger partial charge in [-0.3, -0.25) is 9.78 Å². The summed E-state index contributed by atoms with van der Waals surface area (Å²) in [6.07, 6.45) is 3.99. The number of fused-ring (bicyclic) bond motifs is 1. The van der Waals surface area contributed by atoms with Crippen LogP contribution in [0.2, 0.25) is 0 Å². The van der Waals surface area contributed by atoms with Gasteiger partial charge in [-0.25, -0.2) is 0 Å². The molecule has 1 aromatic carbocycles. The van der Waals surface area contributed by atoms with Gasteiger partial charge in [-0.1, -0.05) is 17.7 Å². The molecule has 0 spiro atoms. The van der Waals surface area contributed by atoms with E-state index in [0.717, 1.165) is 29.7 Å². The van der Waals surface area contributed by atoms with Crippen molar-refractivity contribution < 1.29 is 4.79 Å². The molecule has 0 unspecified atom stereocenters. The molecule has 4 heteroatoms. The quantitative estimate of drug-likeness (QED) is 0.697. The fraction of sp³-hybridized carbons (Fsp3) is 0.364. The molecule has 0 atom stereocenters. The van der Waals surface area contributed by atoms with Gasteiger partial charge in [0, 0.05) is 29.1 Å². The van der Waals surface area contributed by atoms with Crippen LogP contribution in [-0.4, -0.2) is 21.4 Å².